The van der Waals surface area contributed by atoms with Crippen LogP contribution in [0.1, 0.15) is 43.1 Å². The SMILES string of the molecule is C#Cc1ccc([C@H](O[C@@H](CC(C)C)C(=O)NCC#N)c2ccccc2)cc1. The van der Waals surface area contributed by atoms with E-state index in [1.54, 1.807) is 0 Å². The summed E-state index contributed by atoms with van der Waals surface area (Å²) in [6, 6.07) is 19.3. The molecule has 2 rings (SSSR count). The van der Waals surface area contributed by atoms with Crippen LogP contribution in [0.4, 0.5) is 0 Å². The van der Waals surface area contributed by atoms with Crippen molar-refractivity contribution in [3.8, 4) is 18.4 Å². The first-order valence-corrected chi connectivity index (χ1v) is 8.96. The molecule has 138 valence electrons. The lowest BCUT2D eigenvalue weighted by molar-refractivity contribution is -0.136. The van der Waals surface area contributed by atoms with Crippen molar-refractivity contribution in [3.63, 3.8) is 0 Å². The zero-order chi connectivity index (χ0) is 19.6. The highest BCUT2D eigenvalue weighted by molar-refractivity contribution is 5.81. The van der Waals surface area contributed by atoms with Gasteiger partial charge in [0.05, 0.1) is 6.07 Å². The summed E-state index contributed by atoms with van der Waals surface area (Å²) in [4.78, 5) is 12.5. The number of carbonyl (C=O) groups is 1. The van der Waals surface area contributed by atoms with Crippen LogP contribution in [0.25, 0.3) is 0 Å². The number of hydrogen-bond acceptors (Lipinski definition) is 3. The van der Waals surface area contributed by atoms with Crippen molar-refractivity contribution in [1.29, 1.82) is 5.26 Å². The molecule has 1 N–H and O–H groups in total. The van der Waals surface area contributed by atoms with E-state index in [1.165, 1.54) is 0 Å². The number of carbonyl (C=O) groups excluding carboxylic acids is 1. The third kappa shape index (κ3) is 5.99. The van der Waals surface area contributed by atoms with Gasteiger partial charge in [0.2, 0.25) is 5.91 Å². The van der Waals surface area contributed by atoms with E-state index in [1.807, 2.05) is 74.5 Å². The fourth-order valence-electron chi connectivity index (χ4n) is 2.79. The van der Waals surface area contributed by atoms with Gasteiger partial charge in [-0.3, -0.25) is 4.79 Å². The van der Waals surface area contributed by atoms with E-state index in [0.29, 0.717) is 6.42 Å². The molecule has 0 aliphatic heterocycles. The van der Waals surface area contributed by atoms with E-state index in [0.717, 1.165) is 16.7 Å². The molecule has 0 aromatic heterocycles. The molecule has 1 amide bonds. The van der Waals surface area contributed by atoms with Crippen molar-refractivity contribution in [2.45, 2.75) is 32.5 Å². The average Bonchev–Trinajstić information content (AvgIpc) is 2.69. The molecule has 4 heteroatoms. The largest absolute Gasteiger partial charge is 0.356 e. The molecule has 0 bridgehead atoms. The summed E-state index contributed by atoms with van der Waals surface area (Å²) < 4.78 is 6.29. The normalized spacial score (nSPS) is 12.6. The number of nitriles is 1. The van der Waals surface area contributed by atoms with Crippen LogP contribution in [0, 0.1) is 29.6 Å². The Hall–Kier alpha value is -3.08. The summed E-state index contributed by atoms with van der Waals surface area (Å²) in [6.45, 7) is 4.03. The van der Waals surface area contributed by atoms with Gasteiger partial charge in [-0.15, -0.1) is 6.42 Å². The van der Waals surface area contributed by atoms with E-state index in [-0.39, 0.29) is 18.4 Å². The number of benzene rings is 2. The molecule has 2 aromatic carbocycles. The second-order valence-corrected chi connectivity index (χ2v) is 6.69. The monoisotopic (exact) mass is 360 g/mol. The number of hydrogen-bond donors (Lipinski definition) is 1. The fourth-order valence-corrected chi connectivity index (χ4v) is 2.79. The van der Waals surface area contributed by atoms with Crippen LogP contribution in [0.15, 0.2) is 54.6 Å². The molecule has 0 radical (unpaired) electrons. The standard InChI is InChI=1S/C23H24N2O2/c1-4-18-10-12-20(13-11-18)22(19-8-6-5-7-9-19)27-21(16-17(2)3)23(26)25-15-14-24/h1,5-13,17,21-22H,15-16H2,2-3H3,(H,25,26)/t21-,22+/m0/s1. The first-order valence-electron chi connectivity index (χ1n) is 8.96. The molecule has 0 spiro atoms. The first kappa shape index (κ1) is 20.2. The van der Waals surface area contributed by atoms with Crippen molar-refractivity contribution in [1.82, 2.24) is 5.32 Å². The molecule has 27 heavy (non-hydrogen) atoms. The van der Waals surface area contributed by atoms with E-state index in [4.69, 9.17) is 16.4 Å². The van der Waals surface area contributed by atoms with Gasteiger partial charge < -0.3 is 10.1 Å². The van der Waals surface area contributed by atoms with Gasteiger partial charge in [-0.05, 0) is 35.6 Å². The summed E-state index contributed by atoms with van der Waals surface area (Å²) in [7, 11) is 0. The number of nitrogens with one attached hydrogen (secondary N) is 1. The van der Waals surface area contributed by atoms with Gasteiger partial charge in [0, 0.05) is 5.56 Å². The molecule has 0 heterocycles. The van der Waals surface area contributed by atoms with Gasteiger partial charge in [0.25, 0.3) is 0 Å². The van der Waals surface area contributed by atoms with Crippen LogP contribution >= 0.6 is 0 Å². The van der Waals surface area contributed by atoms with Gasteiger partial charge >= 0.3 is 0 Å². The van der Waals surface area contributed by atoms with Gasteiger partial charge in [0.15, 0.2) is 0 Å². The van der Waals surface area contributed by atoms with Gasteiger partial charge in [-0.2, -0.15) is 5.26 Å². The third-order valence-corrected chi connectivity index (χ3v) is 4.10. The molecule has 4 nitrogen and oxygen atoms in total. The van der Waals surface area contributed by atoms with Crippen LogP contribution in [-0.4, -0.2) is 18.6 Å². The Labute approximate surface area is 161 Å². The Morgan fingerprint density at radius 2 is 1.74 bits per heavy atom. The second kappa shape index (κ2) is 10.2. The van der Waals surface area contributed by atoms with E-state index >= 15 is 0 Å². The van der Waals surface area contributed by atoms with Crippen molar-refractivity contribution in [3.05, 3.63) is 71.3 Å². The second-order valence-electron chi connectivity index (χ2n) is 6.69. The molecule has 0 saturated heterocycles. The third-order valence-electron chi connectivity index (χ3n) is 4.10. The molecule has 2 aromatic rings. The van der Waals surface area contributed by atoms with Crippen molar-refractivity contribution in [2.75, 3.05) is 6.54 Å². The van der Waals surface area contributed by atoms with E-state index in [2.05, 4.69) is 11.2 Å². The molecule has 0 aliphatic rings. The van der Waals surface area contributed by atoms with Gasteiger partial charge in [-0.1, -0.05) is 62.2 Å². The Morgan fingerprint density at radius 3 is 2.30 bits per heavy atom. The minimum absolute atomic E-state index is 0.0380. The maximum atomic E-state index is 12.5. The van der Waals surface area contributed by atoms with Crippen LogP contribution in [0.2, 0.25) is 0 Å². The molecule has 0 saturated carbocycles. The van der Waals surface area contributed by atoms with Crippen molar-refractivity contribution < 1.29 is 9.53 Å². The smallest absolute Gasteiger partial charge is 0.250 e. The predicted molar refractivity (Wildman–Crippen MR) is 106 cm³/mol. The maximum absolute atomic E-state index is 12.5. The van der Waals surface area contributed by atoms with Crippen LogP contribution in [-0.2, 0) is 9.53 Å². The Bertz CT molecular complexity index is 814. The first-order chi connectivity index (χ1) is 13.0. The summed E-state index contributed by atoms with van der Waals surface area (Å²) >= 11 is 0. The quantitative estimate of drug-likeness (QED) is 0.575. The van der Waals surface area contributed by atoms with Crippen LogP contribution in [0.5, 0.6) is 0 Å². The van der Waals surface area contributed by atoms with Crippen molar-refractivity contribution in [2.24, 2.45) is 5.92 Å². The number of terminal acetylenes is 1. The average molecular weight is 360 g/mol. The Kier molecular flexibility index (Phi) is 7.62. The number of amides is 1. The van der Waals surface area contributed by atoms with Gasteiger partial charge in [-0.25, -0.2) is 0 Å². The molecule has 2 atom stereocenters. The lowest BCUT2D eigenvalue weighted by Gasteiger charge is -2.26. The topological polar surface area (TPSA) is 62.1 Å². The molecule has 0 unspecified atom stereocenters. The Morgan fingerprint density at radius 1 is 1.11 bits per heavy atom. The predicted octanol–water partition coefficient (Wildman–Crippen LogP) is 3.83. The lowest BCUT2D eigenvalue weighted by atomic mass is 9.99. The molecular weight excluding hydrogens is 336 g/mol. The zero-order valence-electron chi connectivity index (χ0n) is 15.7. The highest BCUT2D eigenvalue weighted by atomic mass is 16.5. The highest BCUT2D eigenvalue weighted by Crippen LogP contribution is 2.29. The van der Waals surface area contributed by atoms with Crippen molar-refractivity contribution >= 4 is 5.91 Å². The molecule has 0 fully saturated rings. The fraction of sp³-hybridized carbons (Fsp3) is 0.304. The number of rotatable bonds is 8. The lowest BCUT2D eigenvalue weighted by Crippen LogP contribution is -2.38. The van der Waals surface area contributed by atoms with Crippen LogP contribution < -0.4 is 5.32 Å². The minimum Gasteiger partial charge on any atom is -0.356 e. The Balaban J connectivity index is 2.34. The van der Waals surface area contributed by atoms with Gasteiger partial charge in [0.1, 0.15) is 18.8 Å². The highest BCUT2D eigenvalue weighted by Gasteiger charge is 2.26. The van der Waals surface area contributed by atoms with E-state index < -0.39 is 12.2 Å². The zero-order valence-corrected chi connectivity index (χ0v) is 15.7. The summed E-state index contributed by atoms with van der Waals surface area (Å²) in [6.07, 6.45) is 4.94. The number of nitrogens with zero attached hydrogens (tertiary/aromatic N) is 1. The summed E-state index contributed by atoms with van der Waals surface area (Å²) in [5.74, 6) is 2.60. The summed E-state index contributed by atoms with van der Waals surface area (Å²) in [5, 5.41) is 11.4. The maximum Gasteiger partial charge on any atom is 0.250 e. The minimum atomic E-state index is -0.657. The number of ether oxygens (including phenoxy) is 1. The van der Waals surface area contributed by atoms with E-state index in [9.17, 15) is 4.79 Å². The summed E-state index contributed by atoms with van der Waals surface area (Å²) in [5.41, 5.74) is 2.66. The van der Waals surface area contributed by atoms with Crippen LogP contribution in [0.3, 0.4) is 0 Å². The molecule has 0 aliphatic carbocycles. The molecular formula is C23H24N2O2.